The van der Waals surface area contributed by atoms with Crippen molar-refractivity contribution in [1.29, 1.82) is 0 Å². The molecule has 4 nitrogen and oxygen atoms in total. The Morgan fingerprint density at radius 3 is 2.40 bits per heavy atom. The molecule has 3 N–H and O–H groups in total. The van der Waals surface area contributed by atoms with Crippen LogP contribution in [0.4, 0.5) is 0 Å². The van der Waals surface area contributed by atoms with Crippen LogP contribution in [0.25, 0.3) is 0 Å². The molecule has 0 radical (unpaired) electrons. The van der Waals surface area contributed by atoms with Gasteiger partial charge in [0.05, 0.1) is 5.70 Å². The summed E-state index contributed by atoms with van der Waals surface area (Å²) in [6.07, 6.45) is 1.81. The summed E-state index contributed by atoms with van der Waals surface area (Å²) in [5.41, 5.74) is 4.83. The summed E-state index contributed by atoms with van der Waals surface area (Å²) in [5, 5.41) is 8.69. The smallest absolute Gasteiger partial charge is 0.243 e. The normalized spacial score (nSPS) is 18.4. The number of ketones is 2. The number of carbonyl (C=O) groups excluding carboxylic acids is 2. The lowest BCUT2D eigenvalue weighted by Gasteiger charge is -2.02. The van der Waals surface area contributed by atoms with Crippen LogP contribution in [0.5, 0.6) is 0 Å². The molecule has 0 spiro atoms. The van der Waals surface area contributed by atoms with Gasteiger partial charge in [0.25, 0.3) is 0 Å². The maximum Gasteiger partial charge on any atom is 0.243 e. The highest BCUT2D eigenvalue weighted by Crippen LogP contribution is 2.04. The second-order valence-electron chi connectivity index (χ2n) is 1.86. The van der Waals surface area contributed by atoms with Crippen LogP contribution >= 0.6 is 0 Å². The lowest BCUT2D eigenvalue weighted by atomic mass is 10.1. The summed E-state index contributed by atoms with van der Waals surface area (Å²) in [6, 6.07) is 0. The highest BCUT2D eigenvalue weighted by atomic mass is 16.3. The largest absolute Gasteiger partial charge is 0.504 e. The Hall–Kier alpha value is -1.58. The first-order valence-electron chi connectivity index (χ1n) is 2.58. The molecule has 0 aromatic rings. The van der Waals surface area contributed by atoms with Gasteiger partial charge >= 0.3 is 0 Å². The van der Waals surface area contributed by atoms with Gasteiger partial charge in [-0.25, -0.2) is 0 Å². The van der Waals surface area contributed by atoms with Crippen LogP contribution in [0, 0.1) is 0 Å². The van der Waals surface area contributed by atoms with E-state index in [0.29, 0.717) is 0 Å². The van der Waals surface area contributed by atoms with E-state index in [1.54, 1.807) is 0 Å². The third-order valence-electron chi connectivity index (χ3n) is 1.07. The number of rotatable bonds is 0. The van der Waals surface area contributed by atoms with E-state index >= 15 is 0 Å². The quantitative estimate of drug-likeness (QED) is 0.440. The van der Waals surface area contributed by atoms with Crippen LogP contribution in [0.1, 0.15) is 0 Å². The van der Waals surface area contributed by atoms with Crippen molar-refractivity contribution in [3.63, 3.8) is 0 Å². The van der Waals surface area contributed by atoms with Gasteiger partial charge in [-0.1, -0.05) is 0 Å². The van der Waals surface area contributed by atoms with E-state index in [-0.39, 0.29) is 5.70 Å². The lowest BCUT2D eigenvalue weighted by molar-refractivity contribution is -0.117. The average molecular weight is 139 g/mol. The van der Waals surface area contributed by atoms with Gasteiger partial charge in [0.1, 0.15) is 0 Å². The van der Waals surface area contributed by atoms with Gasteiger partial charge in [0.15, 0.2) is 11.5 Å². The van der Waals surface area contributed by atoms with Gasteiger partial charge in [0, 0.05) is 12.2 Å². The van der Waals surface area contributed by atoms with Crippen LogP contribution < -0.4 is 5.73 Å². The van der Waals surface area contributed by atoms with Crippen LogP contribution in [0.3, 0.4) is 0 Å². The number of Topliss-reactive ketones (excluding diaryl/α,β-unsaturated/α-hetero) is 1. The second-order valence-corrected chi connectivity index (χ2v) is 1.86. The average Bonchev–Trinajstić information content (AvgIpc) is 1.82. The Bertz CT molecular complexity index is 238. The number of hydrogen-bond donors (Lipinski definition) is 2. The van der Waals surface area contributed by atoms with Crippen molar-refractivity contribution in [3.05, 3.63) is 23.6 Å². The number of hydrogen-bond acceptors (Lipinski definition) is 4. The first-order chi connectivity index (χ1) is 4.61. The maximum atomic E-state index is 10.6. The molecule has 0 aliphatic heterocycles. The van der Waals surface area contributed by atoms with E-state index in [1.165, 1.54) is 0 Å². The monoisotopic (exact) mass is 139 g/mol. The molecule has 4 heteroatoms. The molecule has 0 saturated heterocycles. The van der Waals surface area contributed by atoms with Gasteiger partial charge in [-0.3, -0.25) is 9.59 Å². The van der Waals surface area contributed by atoms with Gasteiger partial charge in [-0.05, 0) is 0 Å². The summed E-state index contributed by atoms with van der Waals surface area (Å²) in [5.74, 6) is -1.75. The highest BCUT2D eigenvalue weighted by molar-refractivity contribution is 6.18. The Kier molecular flexibility index (Phi) is 1.30. The Balaban J connectivity index is 3.05. The van der Waals surface area contributed by atoms with Crippen molar-refractivity contribution in [2.75, 3.05) is 0 Å². The summed E-state index contributed by atoms with van der Waals surface area (Å²) in [6.45, 7) is 0. The Labute approximate surface area is 56.6 Å². The minimum atomic E-state index is -0.695. The lowest BCUT2D eigenvalue weighted by Crippen LogP contribution is -2.19. The maximum absolute atomic E-state index is 10.6. The predicted molar refractivity (Wildman–Crippen MR) is 33.0 cm³/mol. The SMILES string of the molecule is NC1=CC(=O)C=C(O)C1=O. The molecular weight excluding hydrogens is 134 g/mol. The molecule has 1 aliphatic carbocycles. The highest BCUT2D eigenvalue weighted by Gasteiger charge is 2.17. The molecule has 0 aromatic heterocycles. The predicted octanol–water partition coefficient (Wildman–Crippen LogP) is -0.577. The molecule has 0 atom stereocenters. The number of aliphatic hydroxyl groups is 1. The fourth-order valence-electron chi connectivity index (χ4n) is 0.609. The molecule has 0 fully saturated rings. The first kappa shape index (κ1) is 6.54. The molecule has 0 bridgehead atoms. The van der Waals surface area contributed by atoms with E-state index < -0.39 is 17.3 Å². The molecule has 1 rings (SSSR count). The number of allylic oxidation sites excluding steroid dienone is 2. The topological polar surface area (TPSA) is 80.4 Å². The van der Waals surface area contributed by atoms with Crippen molar-refractivity contribution in [3.8, 4) is 0 Å². The number of aliphatic hydroxyl groups excluding tert-OH is 1. The van der Waals surface area contributed by atoms with Crippen molar-refractivity contribution in [2.45, 2.75) is 0 Å². The Morgan fingerprint density at radius 2 is 1.90 bits per heavy atom. The molecule has 0 aromatic carbocycles. The minimum absolute atomic E-state index is 0.218. The van der Waals surface area contributed by atoms with Crippen LogP contribution in [-0.2, 0) is 9.59 Å². The molecule has 0 heterocycles. The van der Waals surface area contributed by atoms with Crippen molar-refractivity contribution in [2.24, 2.45) is 5.73 Å². The van der Waals surface area contributed by atoms with E-state index in [4.69, 9.17) is 10.8 Å². The molecule has 1 aliphatic rings. The summed E-state index contributed by atoms with van der Waals surface area (Å²) >= 11 is 0. The van der Waals surface area contributed by atoms with Gasteiger partial charge < -0.3 is 10.8 Å². The van der Waals surface area contributed by atoms with Crippen molar-refractivity contribution < 1.29 is 14.7 Å². The third-order valence-corrected chi connectivity index (χ3v) is 1.07. The van der Waals surface area contributed by atoms with Crippen LogP contribution in [-0.4, -0.2) is 16.7 Å². The van der Waals surface area contributed by atoms with Crippen LogP contribution in [0.15, 0.2) is 23.6 Å². The summed E-state index contributed by atoms with van der Waals surface area (Å²) in [7, 11) is 0. The second kappa shape index (κ2) is 1.98. The molecule has 0 saturated carbocycles. The van der Waals surface area contributed by atoms with E-state index in [2.05, 4.69) is 0 Å². The number of nitrogens with two attached hydrogens (primary N) is 1. The third kappa shape index (κ3) is 0.907. The van der Waals surface area contributed by atoms with E-state index in [1.807, 2.05) is 0 Å². The zero-order valence-electron chi connectivity index (χ0n) is 5.00. The number of carbonyl (C=O) groups is 2. The molecule has 10 heavy (non-hydrogen) atoms. The fraction of sp³-hybridized carbons (Fsp3) is 0. The molecular formula is C6H5NO3. The zero-order valence-corrected chi connectivity index (χ0v) is 5.00. The van der Waals surface area contributed by atoms with E-state index in [0.717, 1.165) is 12.2 Å². The fourth-order valence-corrected chi connectivity index (χ4v) is 0.609. The van der Waals surface area contributed by atoms with E-state index in [9.17, 15) is 9.59 Å². The van der Waals surface area contributed by atoms with Crippen molar-refractivity contribution >= 4 is 11.6 Å². The first-order valence-corrected chi connectivity index (χ1v) is 2.58. The Morgan fingerprint density at radius 1 is 1.30 bits per heavy atom. The van der Waals surface area contributed by atoms with Crippen molar-refractivity contribution in [1.82, 2.24) is 0 Å². The summed E-state index contributed by atoms with van der Waals surface area (Å²) < 4.78 is 0. The van der Waals surface area contributed by atoms with Gasteiger partial charge in [-0.15, -0.1) is 0 Å². The molecule has 0 amide bonds. The van der Waals surface area contributed by atoms with Gasteiger partial charge in [0.2, 0.25) is 5.78 Å². The zero-order chi connectivity index (χ0) is 7.72. The standard InChI is InChI=1S/C6H5NO3/c7-4-1-3(8)2-5(9)6(4)10/h1-2,9H,7H2. The van der Waals surface area contributed by atoms with Gasteiger partial charge in [-0.2, -0.15) is 0 Å². The minimum Gasteiger partial charge on any atom is -0.504 e. The molecule has 52 valence electrons. The summed E-state index contributed by atoms with van der Waals surface area (Å²) in [4.78, 5) is 21.1. The van der Waals surface area contributed by atoms with Crippen LogP contribution in [0.2, 0.25) is 0 Å². The molecule has 0 unspecified atom stereocenters.